The zero-order chi connectivity index (χ0) is 17.8. The van der Waals surface area contributed by atoms with E-state index in [1.165, 1.54) is 51.8 Å². The summed E-state index contributed by atoms with van der Waals surface area (Å²) >= 11 is -2.36. The van der Waals surface area contributed by atoms with Gasteiger partial charge < -0.3 is 0 Å². The van der Waals surface area contributed by atoms with Gasteiger partial charge in [0.2, 0.25) is 0 Å². The zero-order valence-corrected chi connectivity index (χ0v) is 18.5. The van der Waals surface area contributed by atoms with Gasteiger partial charge in [0.1, 0.15) is 0 Å². The van der Waals surface area contributed by atoms with Crippen LogP contribution in [-0.4, -0.2) is 36.1 Å². The summed E-state index contributed by atoms with van der Waals surface area (Å²) in [6, 6.07) is 8.45. The second kappa shape index (κ2) is 11.8. The fourth-order valence-electron chi connectivity index (χ4n) is 3.40. The Labute approximate surface area is 151 Å². The number of hydrogen-bond donors (Lipinski definition) is 1. The first kappa shape index (κ1) is 21.3. The van der Waals surface area contributed by atoms with E-state index in [4.69, 9.17) is 9.84 Å². The van der Waals surface area contributed by atoms with E-state index in [0.717, 1.165) is 0 Å². The zero-order valence-electron chi connectivity index (χ0n) is 15.6. The van der Waals surface area contributed by atoms with Crippen LogP contribution in [0.25, 0.3) is 0 Å². The van der Waals surface area contributed by atoms with Crippen LogP contribution in [-0.2, 0) is 4.79 Å². The summed E-state index contributed by atoms with van der Waals surface area (Å²) < 4.78 is 11.2. The van der Waals surface area contributed by atoms with Crippen LogP contribution in [0.4, 0.5) is 0 Å². The quantitative estimate of drug-likeness (QED) is 0.428. The van der Waals surface area contributed by atoms with Gasteiger partial charge in [0.05, 0.1) is 0 Å². The van der Waals surface area contributed by atoms with Crippen molar-refractivity contribution in [1.82, 2.24) is 0 Å². The summed E-state index contributed by atoms with van der Waals surface area (Å²) in [5.41, 5.74) is 0. The topological polar surface area (TPSA) is 46.5 Å². The van der Waals surface area contributed by atoms with Gasteiger partial charge in [-0.15, -0.1) is 0 Å². The number of aliphatic carboxylic acids is 1. The molecule has 0 spiro atoms. The number of carbonyl (C=O) groups is 1. The predicted octanol–water partition coefficient (Wildman–Crippen LogP) is 5.21. The van der Waals surface area contributed by atoms with Gasteiger partial charge in [0.15, 0.2) is 0 Å². The average molecular weight is 441 g/mol. The molecule has 0 saturated carbocycles. The molecule has 1 N–H and O–H groups in total. The van der Waals surface area contributed by atoms with Gasteiger partial charge in [-0.2, -0.15) is 0 Å². The Morgan fingerprint density at radius 3 is 1.75 bits per heavy atom. The average Bonchev–Trinajstić information content (AvgIpc) is 2.60. The third-order valence-electron chi connectivity index (χ3n) is 4.86. The number of ether oxygens (including phenoxy) is 1. The molecule has 4 heteroatoms. The minimum atomic E-state index is -2.36. The molecule has 0 saturated heterocycles. The molecule has 3 nitrogen and oxygen atoms in total. The molecule has 0 aliphatic carbocycles. The number of carboxylic acids is 1. The molecule has 0 heterocycles. The molecule has 0 radical (unpaired) electrons. The number of rotatable bonds is 13. The van der Waals surface area contributed by atoms with Crippen molar-refractivity contribution in [2.45, 2.75) is 72.6 Å². The van der Waals surface area contributed by atoms with E-state index >= 15 is 0 Å². The Hall–Kier alpha value is -0.711. The first-order valence-corrected chi connectivity index (χ1v) is 17.0. The van der Waals surface area contributed by atoms with Crippen molar-refractivity contribution in [2.75, 3.05) is 6.61 Å². The summed E-state index contributed by atoms with van der Waals surface area (Å²) in [4.78, 5) is 10.6. The Kier molecular flexibility index (Phi) is 10.5. The third-order valence-corrected chi connectivity index (χ3v) is 20.5. The second-order valence-electron chi connectivity index (χ2n) is 6.80. The number of benzene rings is 1. The number of hydrogen-bond acceptors (Lipinski definition) is 2. The van der Waals surface area contributed by atoms with Crippen LogP contribution in [0, 0.1) is 0 Å². The second-order valence-corrected chi connectivity index (χ2v) is 20.0. The van der Waals surface area contributed by atoms with E-state index in [1.54, 1.807) is 3.58 Å². The predicted molar refractivity (Wildman–Crippen MR) is 104 cm³/mol. The van der Waals surface area contributed by atoms with Crippen LogP contribution in [0.3, 0.4) is 0 Å². The van der Waals surface area contributed by atoms with E-state index < -0.39 is 24.3 Å². The molecule has 0 aromatic heterocycles. The molecule has 0 aliphatic heterocycles. The molecule has 0 unspecified atom stereocenters. The van der Waals surface area contributed by atoms with Crippen LogP contribution in [0.1, 0.15) is 59.3 Å². The first-order chi connectivity index (χ1) is 11.6. The minimum absolute atomic E-state index is 0.269. The van der Waals surface area contributed by atoms with Gasteiger partial charge in [-0.1, -0.05) is 0 Å². The van der Waals surface area contributed by atoms with Crippen LogP contribution < -0.4 is 8.32 Å². The fraction of sp³-hybridized carbons (Fsp3) is 0.650. The summed E-state index contributed by atoms with van der Waals surface area (Å²) in [7, 11) is 0. The summed E-state index contributed by atoms with van der Waals surface area (Å²) in [5.74, 6) is -0.260. The molecule has 1 aromatic rings. The van der Waals surface area contributed by atoms with E-state index in [1.807, 2.05) is 12.1 Å². The van der Waals surface area contributed by atoms with Gasteiger partial charge in [0, 0.05) is 0 Å². The molecule has 136 valence electrons. The number of unbranched alkanes of at least 4 members (excludes halogenated alkanes) is 3. The van der Waals surface area contributed by atoms with Gasteiger partial charge in [-0.25, -0.2) is 0 Å². The standard InChI is InChI=1S/C8H7O3.3C4H9.Sn/c9-8(10)6-11-7-4-2-1-3-5-7;3*1-3-4-2;/h2-5H,6H2,(H,9,10);3*1,3-4H2,2H3;. The molecular formula is C20H34O3Sn. The Balaban J connectivity index is 2.98. The van der Waals surface area contributed by atoms with Crippen LogP contribution in [0.15, 0.2) is 24.3 Å². The number of carboxylic acid groups (broad SMARTS) is 1. The van der Waals surface area contributed by atoms with Crippen molar-refractivity contribution in [3.05, 3.63) is 24.3 Å². The van der Waals surface area contributed by atoms with Crippen molar-refractivity contribution >= 4 is 27.9 Å². The van der Waals surface area contributed by atoms with E-state index in [0.29, 0.717) is 5.75 Å². The molecule has 0 fully saturated rings. The maximum atomic E-state index is 10.6. The van der Waals surface area contributed by atoms with Crippen molar-refractivity contribution < 1.29 is 14.6 Å². The van der Waals surface area contributed by atoms with Crippen LogP contribution in [0.5, 0.6) is 5.75 Å². The molecule has 0 atom stereocenters. The molecule has 0 amide bonds. The summed E-state index contributed by atoms with van der Waals surface area (Å²) in [5, 5.41) is 8.74. The van der Waals surface area contributed by atoms with Crippen molar-refractivity contribution in [3.63, 3.8) is 0 Å². The molecule has 1 aromatic carbocycles. The Morgan fingerprint density at radius 2 is 1.38 bits per heavy atom. The Bertz CT molecular complexity index is 449. The maximum absolute atomic E-state index is 10.6. The molecule has 0 aliphatic rings. The molecule has 0 bridgehead atoms. The first-order valence-electron chi connectivity index (χ1n) is 9.53. The van der Waals surface area contributed by atoms with Crippen LogP contribution >= 0.6 is 0 Å². The van der Waals surface area contributed by atoms with E-state index in [-0.39, 0.29) is 6.61 Å². The normalized spacial score (nSPS) is 11.5. The van der Waals surface area contributed by atoms with Crippen molar-refractivity contribution in [1.29, 1.82) is 0 Å². The van der Waals surface area contributed by atoms with Gasteiger partial charge in [-0.3, -0.25) is 0 Å². The summed E-state index contributed by atoms with van der Waals surface area (Å²) in [6.07, 6.45) is 7.87. The monoisotopic (exact) mass is 442 g/mol. The summed E-state index contributed by atoms with van der Waals surface area (Å²) in [6.45, 7) is 6.60. The van der Waals surface area contributed by atoms with Crippen LogP contribution in [0.2, 0.25) is 13.3 Å². The molecular weight excluding hydrogens is 407 g/mol. The van der Waals surface area contributed by atoms with Gasteiger partial charge in [-0.05, 0) is 0 Å². The third kappa shape index (κ3) is 7.04. The Morgan fingerprint density at radius 1 is 0.917 bits per heavy atom. The van der Waals surface area contributed by atoms with Gasteiger partial charge >= 0.3 is 152 Å². The van der Waals surface area contributed by atoms with E-state index in [2.05, 4.69) is 32.9 Å². The van der Waals surface area contributed by atoms with Crippen molar-refractivity contribution in [3.8, 4) is 5.75 Å². The van der Waals surface area contributed by atoms with E-state index in [9.17, 15) is 4.79 Å². The fourth-order valence-corrected chi connectivity index (χ4v) is 19.3. The van der Waals surface area contributed by atoms with Crippen molar-refractivity contribution in [2.24, 2.45) is 0 Å². The molecule has 1 rings (SSSR count). The van der Waals surface area contributed by atoms with Gasteiger partial charge in [0.25, 0.3) is 0 Å². The SMILES string of the molecule is CCC[CH2][Sn]([CH2]CCC)([CH2]CCC)[c]1ccc(OCC(=O)O)cc1. The molecule has 24 heavy (non-hydrogen) atoms.